The van der Waals surface area contributed by atoms with Gasteiger partial charge in [-0.2, -0.15) is 0 Å². The number of rotatable bonds is 32. The van der Waals surface area contributed by atoms with E-state index in [-0.39, 0.29) is 11.8 Å². The lowest BCUT2D eigenvalue weighted by atomic mass is 10.0. The number of amides is 1. The highest BCUT2D eigenvalue weighted by molar-refractivity contribution is 6.27. The van der Waals surface area contributed by atoms with Crippen LogP contribution < -0.4 is 5.32 Å². The first-order valence-electron chi connectivity index (χ1n) is 17.1. The van der Waals surface area contributed by atoms with E-state index in [1.807, 2.05) is 0 Å². The average Bonchev–Trinajstić information content (AvgIpc) is 2.91. The van der Waals surface area contributed by atoms with E-state index in [0.29, 0.717) is 0 Å². The maximum Gasteiger partial charge on any atom is 0.234 e. The zero-order valence-corrected chi connectivity index (χ0v) is 26.2. The summed E-state index contributed by atoms with van der Waals surface area (Å²) in [7, 11) is 0. The maximum absolute atomic E-state index is 11.0. The van der Waals surface area contributed by atoms with Crippen molar-refractivity contribution < 1.29 is 4.79 Å². The van der Waals surface area contributed by atoms with E-state index >= 15 is 0 Å². The second-order valence-corrected chi connectivity index (χ2v) is 12.0. The molecule has 0 aliphatic rings. The molecule has 0 aliphatic heterocycles. The van der Waals surface area contributed by atoms with Gasteiger partial charge in [0.05, 0.1) is 0 Å². The van der Waals surface area contributed by atoms with E-state index in [0.717, 1.165) is 13.0 Å². The van der Waals surface area contributed by atoms with Crippen molar-refractivity contribution in [2.45, 2.75) is 200 Å². The molecule has 222 valence electrons. The van der Waals surface area contributed by atoms with Crippen molar-refractivity contribution in [3.05, 3.63) is 0 Å². The molecule has 37 heavy (non-hydrogen) atoms. The Balaban J connectivity index is 3.03. The van der Waals surface area contributed by atoms with Gasteiger partial charge >= 0.3 is 0 Å². The molecule has 0 aromatic carbocycles. The Morgan fingerprint density at radius 2 is 0.622 bits per heavy atom. The summed E-state index contributed by atoms with van der Waals surface area (Å²) in [5.41, 5.74) is 0. The number of hydrogen-bond donors (Lipinski definition) is 1. The zero-order valence-electron chi connectivity index (χ0n) is 25.4. The molecule has 1 amide bonds. The average molecular weight is 542 g/mol. The van der Waals surface area contributed by atoms with Crippen molar-refractivity contribution >= 4 is 17.5 Å². The van der Waals surface area contributed by atoms with Crippen LogP contribution in [0.5, 0.6) is 0 Å². The van der Waals surface area contributed by atoms with Crippen molar-refractivity contribution in [2.24, 2.45) is 0 Å². The molecule has 0 aromatic rings. The van der Waals surface area contributed by atoms with Crippen LogP contribution in [0.1, 0.15) is 200 Å². The predicted molar refractivity (Wildman–Crippen MR) is 168 cm³/mol. The third-order valence-electron chi connectivity index (χ3n) is 7.97. The lowest BCUT2D eigenvalue weighted by Crippen LogP contribution is -2.25. The number of carbonyl (C=O) groups is 1. The molecule has 0 unspecified atom stereocenters. The molecule has 0 aromatic heterocycles. The van der Waals surface area contributed by atoms with Crippen molar-refractivity contribution in [2.75, 3.05) is 12.4 Å². The molecule has 0 fully saturated rings. The molecular weight excluding hydrogens is 474 g/mol. The predicted octanol–water partition coefficient (Wildman–Crippen LogP) is 12.1. The van der Waals surface area contributed by atoms with E-state index < -0.39 is 0 Å². The van der Waals surface area contributed by atoms with Gasteiger partial charge in [0.2, 0.25) is 5.91 Å². The van der Waals surface area contributed by atoms with Crippen LogP contribution in [0.2, 0.25) is 0 Å². The first kappa shape index (κ1) is 36.8. The lowest BCUT2D eigenvalue weighted by Gasteiger charge is -2.05. The fraction of sp³-hybridized carbons (Fsp3) is 0.971. The molecule has 0 atom stereocenters. The Kier molecular flexibility index (Phi) is 33.6. The van der Waals surface area contributed by atoms with Crippen LogP contribution in [0.3, 0.4) is 0 Å². The molecule has 0 aliphatic carbocycles. The normalized spacial score (nSPS) is 11.3. The van der Waals surface area contributed by atoms with E-state index in [1.54, 1.807) is 0 Å². The largest absolute Gasteiger partial charge is 0.355 e. The smallest absolute Gasteiger partial charge is 0.234 e. The number of halogens is 1. The lowest BCUT2D eigenvalue weighted by molar-refractivity contribution is -0.118. The molecule has 3 heteroatoms. The van der Waals surface area contributed by atoms with E-state index in [2.05, 4.69) is 12.2 Å². The monoisotopic (exact) mass is 541 g/mol. The Hall–Kier alpha value is -0.240. The highest BCUT2D eigenvalue weighted by Gasteiger charge is 1.98. The van der Waals surface area contributed by atoms with Crippen LogP contribution >= 0.6 is 11.6 Å². The summed E-state index contributed by atoms with van der Waals surface area (Å²) < 4.78 is 0. The van der Waals surface area contributed by atoms with E-state index in [4.69, 9.17) is 11.6 Å². The zero-order chi connectivity index (χ0) is 26.9. The molecular formula is C34H68ClNO. The van der Waals surface area contributed by atoms with Crippen LogP contribution in [0, 0.1) is 0 Å². The van der Waals surface area contributed by atoms with Gasteiger partial charge in [-0.1, -0.05) is 193 Å². The third-order valence-corrected chi connectivity index (χ3v) is 8.22. The standard InChI is InChI=1S/C34H68ClNO/c1-2-3-4-5-6-7-8-9-10-11-12-13-14-15-16-17-18-19-20-21-22-23-24-25-26-27-28-29-30-31-32-36-34(37)33-35/h2-33H2,1H3,(H,36,37). The summed E-state index contributed by atoms with van der Waals surface area (Å²) >= 11 is 5.46. The fourth-order valence-electron chi connectivity index (χ4n) is 5.42. The molecule has 2 nitrogen and oxygen atoms in total. The van der Waals surface area contributed by atoms with E-state index in [9.17, 15) is 4.79 Å². The van der Waals surface area contributed by atoms with Crippen molar-refractivity contribution in [3.8, 4) is 0 Å². The number of hydrogen-bond acceptors (Lipinski definition) is 1. The second kappa shape index (κ2) is 33.8. The highest BCUT2D eigenvalue weighted by Crippen LogP contribution is 2.16. The summed E-state index contributed by atoms with van der Waals surface area (Å²) in [5, 5.41) is 2.83. The Morgan fingerprint density at radius 1 is 0.405 bits per heavy atom. The number of unbranched alkanes of at least 4 members (excludes halogenated alkanes) is 29. The van der Waals surface area contributed by atoms with Gasteiger partial charge in [0.25, 0.3) is 0 Å². The van der Waals surface area contributed by atoms with Gasteiger partial charge in [0.1, 0.15) is 5.88 Å². The third kappa shape index (κ3) is 33.7. The molecule has 0 saturated heterocycles. The van der Waals surface area contributed by atoms with Gasteiger partial charge in [0, 0.05) is 6.54 Å². The van der Waals surface area contributed by atoms with Crippen LogP contribution in [0.25, 0.3) is 0 Å². The van der Waals surface area contributed by atoms with Crippen LogP contribution in [-0.4, -0.2) is 18.3 Å². The minimum atomic E-state index is -0.0444. The van der Waals surface area contributed by atoms with Crippen LogP contribution in [0.15, 0.2) is 0 Å². The molecule has 0 saturated carbocycles. The molecule has 0 heterocycles. The van der Waals surface area contributed by atoms with Crippen molar-refractivity contribution in [1.82, 2.24) is 5.32 Å². The molecule has 0 rings (SSSR count). The highest BCUT2D eigenvalue weighted by atomic mass is 35.5. The minimum Gasteiger partial charge on any atom is -0.355 e. The summed E-state index contributed by atoms with van der Waals surface area (Å²) in [6.45, 7) is 3.08. The molecule has 0 radical (unpaired) electrons. The van der Waals surface area contributed by atoms with Crippen molar-refractivity contribution in [1.29, 1.82) is 0 Å². The van der Waals surface area contributed by atoms with Crippen LogP contribution in [0.4, 0.5) is 0 Å². The van der Waals surface area contributed by atoms with Gasteiger partial charge in [0.15, 0.2) is 0 Å². The Bertz CT molecular complexity index is 428. The first-order valence-corrected chi connectivity index (χ1v) is 17.7. The van der Waals surface area contributed by atoms with E-state index in [1.165, 1.54) is 186 Å². The summed E-state index contributed by atoms with van der Waals surface area (Å²) in [4.78, 5) is 11.0. The summed E-state index contributed by atoms with van der Waals surface area (Å²) in [6, 6.07) is 0. The molecule has 1 N–H and O–H groups in total. The van der Waals surface area contributed by atoms with Gasteiger partial charge in [-0.25, -0.2) is 0 Å². The molecule has 0 bridgehead atoms. The van der Waals surface area contributed by atoms with Gasteiger partial charge in [-0.3, -0.25) is 4.79 Å². The van der Waals surface area contributed by atoms with Crippen LogP contribution in [-0.2, 0) is 4.79 Å². The second-order valence-electron chi connectivity index (χ2n) is 11.7. The number of nitrogens with one attached hydrogen (secondary N) is 1. The van der Waals surface area contributed by atoms with Gasteiger partial charge in [-0.05, 0) is 6.42 Å². The SMILES string of the molecule is CCCCCCCCCCCCCCCCCCCCCCCCCCCCCCCCNC(=O)CCl. The minimum absolute atomic E-state index is 0.0444. The summed E-state index contributed by atoms with van der Waals surface area (Å²) in [5.74, 6) is 0.0385. The molecule has 0 spiro atoms. The Labute approximate surface area is 239 Å². The van der Waals surface area contributed by atoms with Gasteiger partial charge < -0.3 is 5.32 Å². The summed E-state index contributed by atoms with van der Waals surface area (Å²) in [6.07, 6.45) is 42.8. The van der Waals surface area contributed by atoms with Gasteiger partial charge in [-0.15, -0.1) is 11.6 Å². The first-order chi connectivity index (χ1) is 18.3. The Morgan fingerprint density at radius 3 is 0.838 bits per heavy atom. The topological polar surface area (TPSA) is 29.1 Å². The maximum atomic E-state index is 11.0. The van der Waals surface area contributed by atoms with Crippen molar-refractivity contribution in [3.63, 3.8) is 0 Å². The number of carbonyl (C=O) groups excluding carboxylic acids is 1. The fourth-order valence-corrected chi connectivity index (χ4v) is 5.52. The number of alkyl halides is 1. The quantitative estimate of drug-likeness (QED) is 0.0665.